The predicted octanol–water partition coefficient (Wildman–Crippen LogP) is 2.05. The van der Waals surface area contributed by atoms with Crippen LogP contribution in [0.25, 0.3) is 0 Å². The van der Waals surface area contributed by atoms with E-state index in [1.165, 1.54) is 6.92 Å². The van der Waals surface area contributed by atoms with Gasteiger partial charge in [0.1, 0.15) is 5.57 Å². The second kappa shape index (κ2) is 6.17. The quantitative estimate of drug-likeness (QED) is 0.482. The number of thioether (sulfide) groups is 2. The van der Waals surface area contributed by atoms with Crippen molar-refractivity contribution < 1.29 is 29.0 Å². The molecule has 7 nitrogen and oxygen atoms in total. The number of nitrogens with one attached hydrogen (secondary N) is 1. The maximum atomic E-state index is 12.3. The van der Waals surface area contributed by atoms with Crippen LogP contribution in [0.5, 0.6) is 11.5 Å². The van der Waals surface area contributed by atoms with Crippen molar-refractivity contribution in [2.75, 3.05) is 12.1 Å². The number of aliphatic carboxylic acids is 1. The molecule has 0 aliphatic carbocycles. The second-order valence-corrected chi connectivity index (χ2v) is 7.43. The standard InChI is InChI=1S/C14H11NO6S2/c1-6(16)10(13-22-14(23-13)12(18)19)11(17)15-7-2-3-8-9(4-7)21-5-20-8/h2-4,14H,5H2,1H3,(H,15,17)(H,18,19). The zero-order valence-electron chi connectivity index (χ0n) is 11.8. The Hall–Kier alpha value is -2.13. The highest BCUT2D eigenvalue weighted by molar-refractivity contribution is 8.39. The van der Waals surface area contributed by atoms with E-state index in [0.717, 1.165) is 23.5 Å². The number of carbonyl (C=O) groups excluding carboxylic acids is 2. The van der Waals surface area contributed by atoms with E-state index in [-0.39, 0.29) is 12.4 Å². The number of anilines is 1. The van der Waals surface area contributed by atoms with Crippen LogP contribution in [0.3, 0.4) is 0 Å². The maximum Gasteiger partial charge on any atom is 0.327 e. The van der Waals surface area contributed by atoms with E-state index in [9.17, 15) is 14.4 Å². The number of carbonyl (C=O) groups is 3. The minimum Gasteiger partial charge on any atom is -0.480 e. The lowest BCUT2D eigenvalue weighted by molar-refractivity contribution is -0.134. The van der Waals surface area contributed by atoms with E-state index in [4.69, 9.17) is 14.6 Å². The van der Waals surface area contributed by atoms with Crippen molar-refractivity contribution in [1.29, 1.82) is 0 Å². The summed E-state index contributed by atoms with van der Waals surface area (Å²) < 4.78 is 10.1. The number of carboxylic acid groups (broad SMARTS) is 1. The molecule has 0 aromatic heterocycles. The van der Waals surface area contributed by atoms with Gasteiger partial charge in [0.15, 0.2) is 21.9 Å². The Bertz CT molecular complexity index is 737. The first-order valence-electron chi connectivity index (χ1n) is 6.48. The number of fused-ring (bicyclic) bond motifs is 1. The predicted molar refractivity (Wildman–Crippen MR) is 85.5 cm³/mol. The molecule has 0 saturated carbocycles. The number of hydrogen-bond acceptors (Lipinski definition) is 7. The molecule has 2 heterocycles. The molecule has 0 unspecified atom stereocenters. The topological polar surface area (TPSA) is 102 Å². The molecule has 2 aliphatic rings. The van der Waals surface area contributed by atoms with Gasteiger partial charge < -0.3 is 19.9 Å². The number of rotatable bonds is 4. The minimum atomic E-state index is -0.983. The molecule has 0 radical (unpaired) electrons. The first-order chi connectivity index (χ1) is 11.0. The zero-order valence-corrected chi connectivity index (χ0v) is 13.5. The summed E-state index contributed by atoms with van der Waals surface area (Å²) in [5.41, 5.74) is 0.429. The lowest BCUT2D eigenvalue weighted by Crippen LogP contribution is -2.25. The van der Waals surface area contributed by atoms with Crippen LogP contribution < -0.4 is 14.8 Å². The third-order valence-corrected chi connectivity index (χ3v) is 5.87. The molecule has 0 atom stereocenters. The lowest BCUT2D eigenvalue weighted by atomic mass is 10.2. The second-order valence-electron chi connectivity index (χ2n) is 4.65. The van der Waals surface area contributed by atoms with Crippen LogP contribution >= 0.6 is 23.5 Å². The van der Waals surface area contributed by atoms with Gasteiger partial charge in [-0.05, 0) is 19.1 Å². The molecule has 1 amide bonds. The fraction of sp³-hybridized carbons (Fsp3) is 0.214. The van der Waals surface area contributed by atoms with Crippen molar-refractivity contribution in [2.24, 2.45) is 0 Å². The summed E-state index contributed by atoms with van der Waals surface area (Å²) in [6, 6.07) is 4.89. The van der Waals surface area contributed by atoms with Gasteiger partial charge >= 0.3 is 5.97 Å². The van der Waals surface area contributed by atoms with Crippen molar-refractivity contribution in [3.05, 3.63) is 28.0 Å². The van der Waals surface area contributed by atoms with Crippen LogP contribution in [-0.4, -0.2) is 34.1 Å². The maximum absolute atomic E-state index is 12.3. The summed E-state index contributed by atoms with van der Waals surface area (Å²) in [7, 11) is 0. The molecule has 2 aliphatic heterocycles. The van der Waals surface area contributed by atoms with Crippen LogP contribution in [-0.2, 0) is 14.4 Å². The number of benzene rings is 1. The van der Waals surface area contributed by atoms with Crippen LogP contribution in [0.4, 0.5) is 5.69 Å². The monoisotopic (exact) mass is 353 g/mol. The van der Waals surface area contributed by atoms with E-state index in [2.05, 4.69) is 5.32 Å². The molecule has 1 saturated heterocycles. The Kier molecular flexibility index (Phi) is 4.22. The Morgan fingerprint density at radius 2 is 1.91 bits per heavy atom. The summed E-state index contributed by atoms with van der Waals surface area (Å²) in [5.74, 6) is -0.874. The van der Waals surface area contributed by atoms with Gasteiger partial charge in [-0.1, -0.05) is 23.5 Å². The summed E-state index contributed by atoms with van der Waals surface area (Å²) in [6.07, 6.45) is 0. The van der Waals surface area contributed by atoms with E-state index < -0.39 is 22.2 Å². The molecular formula is C14H11NO6S2. The van der Waals surface area contributed by atoms with Gasteiger partial charge in [-0.25, -0.2) is 0 Å². The minimum absolute atomic E-state index is 0.0323. The molecule has 1 aromatic carbocycles. The number of hydrogen-bond donors (Lipinski definition) is 2. The van der Waals surface area contributed by atoms with Crippen LogP contribution in [0, 0.1) is 0 Å². The third kappa shape index (κ3) is 3.15. The van der Waals surface area contributed by atoms with Crippen molar-refractivity contribution in [2.45, 2.75) is 11.5 Å². The Morgan fingerprint density at radius 3 is 2.57 bits per heavy atom. The molecule has 1 fully saturated rings. The highest BCUT2D eigenvalue weighted by atomic mass is 32.3. The first kappa shape index (κ1) is 15.8. The van der Waals surface area contributed by atoms with Crippen molar-refractivity contribution in [3.63, 3.8) is 0 Å². The van der Waals surface area contributed by atoms with E-state index >= 15 is 0 Å². The fourth-order valence-corrected chi connectivity index (χ4v) is 4.17. The fourth-order valence-electron chi connectivity index (χ4n) is 1.99. The number of ketones is 1. The smallest absolute Gasteiger partial charge is 0.327 e. The van der Waals surface area contributed by atoms with Gasteiger partial charge in [0.05, 0.1) is 4.24 Å². The number of carboxylic acids is 1. The van der Waals surface area contributed by atoms with E-state index in [1.54, 1.807) is 18.2 Å². The largest absolute Gasteiger partial charge is 0.480 e. The Balaban J connectivity index is 1.77. The van der Waals surface area contributed by atoms with Gasteiger partial charge in [-0.2, -0.15) is 0 Å². The number of Topliss-reactive ketones (excluding diaryl/α,β-unsaturated/α-hetero) is 1. The summed E-state index contributed by atoms with van der Waals surface area (Å²) >= 11 is 1.99. The summed E-state index contributed by atoms with van der Waals surface area (Å²) in [6.45, 7) is 1.40. The van der Waals surface area contributed by atoms with E-state index in [1.807, 2.05) is 0 Å². The molecule has 9 heteroatoms. The Labute approximate surface area is 139 Å². The van der Waals surface area contributed by atoms with Gasteiger partial charge in [0, 0.05) is 11.8 Å². The van der Waals surface area contributed by atoms with Crippen molar-refractivity contribution in [1.82, 2.24) is 0 Å². The normalized spacial score (nSPS) is 18.1. The number of amides is 1. The lowest BCUT2D eigenvalue weighted by Gasteiger charge is -2.25. The molecule has 0 bridgehead atoms. The van der Waals surface area contributed by atoms with E-state index in [0.29, 0.717) is 21.4 Å². The van der Waals surface area contributed by atoms with Gasteiger partial charge in [-0.3, -0.25) is 14.4 Å². The van der Waals surface area contributed by atoms with Crippen LogP contribution in [0.1, 0.15) is 6.92 Å². The average Bonchev–Trinajstić information content (AvgIpc) is 2.88. The molecule has 2 N–H and O–H groups in total. The first-order valence-corrected chi connectivity index (χ1v) is 8.24. The van der Waals surface area contributed by atoms with Gasteiger partial charge in [0.2, 0.25) is 6.79 Å². The van der Waals surface area contributed by atoms with Gasteiger partial charge in [-0.15, -0.1) is 0 Å². The third-order valence-electron chi connectivity index (χ3n) is 3.04. The van der Waals surface area contributed by atoms with Crippen LogP contribution in [0.2, 0.25) is 0 Å². The molecule has 120 valence electrons. The Morgan fingerprint density at radius 1 is 1.22 bits per heavy atom. The average molecular weight is 353 g/mol. The molecule has 3 rings (SSSR count). The highest BCUT2D eigenvalue weighted by Gasteiger charge is 2.37. The molecule has 1 aromatic rings. The molecule has 0 spiro atoms. The van der Waals surface area contributed by atoms with Crippen molar-refractivity contribution >= 4 is 46.9 Å². The summed E-state index contributed by atoms with van der Waals surface area (Å²) in [5, 5.41) is 11.5. The zero-order chi connectivity index (χ0) is 16.6. The molecular weight excluding hydrogens is 342 g/mol. The number of ether oxygens (including phenoxy) is 2. The summed E-state index contributed by atoms with van der Waals surface area (Å²) in [4.78, 5) is 34.9. The van der Waals surface area contributed by atoms with Crippen molar-refractivity contribution in [3.8, 4) is 11.5 Å². The molecule has 23 heavy (non-hydrogen) atoms. The van der Waals surface area contributed by atoms with Crippen LogP contribution in [0.15, 0.2) is 28.0 Å². The highest BCUT2D eigenvalue weighted by Crippen LogP contribution is 2.52. The van der Waals surface area contributed by atoms with Gasteiger partial charge in [0.25, 0.3) is 5.91 Å². The SMILES string of the molecule is CC(=O)C(C(=O)Nc1ccc2c(c1)OCO2)=C1SC(C(=O)O)S1.